The van der Waals surface area contributed by atoms with Crippen LogP contribution in [0.1, 0.15) is 32.1 Å². The van der Waals surface area contributed by atoms with E-state index in [2.05, 4.69) is 26.2 Å². The van der Waals surface area contributed by atoms with Gasteiger partial charge in [0.05, 0.1) is 28.7 Å². The summed E-state index contributed by atoms with van der Waals surface area (Å²) in [5.41, 5.74) is 7.42. The smallest absolute Gasteiger partial charge is 0.0750 e. The fourth-order valence-corrected chi connectivity index (χ4v) is 3.09. The van der Waals surface area contributed by atoms with Crippen molar-refractivity contribution in [3.63, 3.8) is 0 Å². The van der Waals surface area contributed by atoms with E-state index in [9.17, 15) is 5.11 Å². The summed E-state index contributed by atoms with van der Waals surface area (Å²) in [5, 5.41) is 13.0. The lowest BCUT2D eigenvalue weighted by Gasteiger charge is -2.36. The van der Waals surface area contributed by atoms with Gasteiger partial charge in [-0.2, -0.15) is 0 Å². The summed E-state index contributed by atoms with van der Waals surface area (Å²) >= 11 is 3.44. The molecule has 1 aromatic heterocycles. The summed E-state index contributed by atoms with van der Waals surface area (Å²) in [5.74, 6) is 0. The Labute approximate surface area is 116 Å². The molecule has 5 heteroatoms. The number of pyridine rings is 1. The van der Waals surface area contributed by atoms with Gasteiger partial charge in [0, 0.05) is 18.2 Å². The fraction of sp³-hybridized carbons (Fsp3) is 0.615. The summed E-state index contributed by atoms with van der Waals surface area (Å²) in [6.45, 7) is 0.999. The van der Waals surface area contributed by atoms with Gasteiger partial charge in [0.2, 0.25) is 0 Å². The predicted octanol–water partition coefficient (Wildman–Crippen LogP) is 2.78. The minimum Gasteiger partial charge on any atom is -0.396 e. The monoisotopic (exact) mass is 313 g/mol. The van der Waals surface area contributed by atoms with E-state index in [1.54, 1.807) is 12.4 Å². The molecule has 1 aliphatic carbocycles. The van der Waals surface area contributed by atoms with Crippen molar-refractivity contribution in [2.24, 2.45) is 5.41 Å². The summed E-state index contributed by atoms with van der Waals surface area (Å²) in [7, 11) is 0. The number of hydrogen-bond acceptors (Lipinski definition) is 4. The van der Waals surface area contributed by atoms with Crippen LogP contribution in [0.2, 0.25) is 0 Å². The molecule has 1 saturated carbocycles. The number of halogens is 1. The Morgan fingerprint density at radius 3 is 2.67 bits per heavy atom. The van der Waals surface area contributed by atoms with E-state index in [1.807, 2.05) is 0 Å². The molecular weight excluding hydrogens is 294 g/mol. The number of hydrogen-bond donors (Lipinski definition) is 3. The molecule has 100 valence electrons. The van der Waals surface area contributed by atoms with Crippen molar-refractivity contribution in [1.82, 2.24) is 4.98 Å². The summed E-state index contributed by atoms with van der Waals surface area (Å²) in [4.78, 5) is 4.02. The topological polar surface area (TPSA) is 71.2 Å². The average Bonchev–Trinajstić information content (AvgIpc) is 2.39. The third-order valence-corrected chi connectivity index (χ3v) is 4.42. The van der Waals surface area contributed by atoms with Crippen LogP contribution in [0.25, 0.3) is 0 Å². The lowest BCUT2D eigenvalue weighted by Crippen LogP contribution is -2.35. The van der Waals surface area contributed by atoms with Gasteiger partial charge < -0.3 is 16.2 Å². The number of anilines is 2. The SMILES string of the molecule is Nc1cncc(Br)c1NCC1(CO)CCCCC1. The molecule has 1 aliphatic rings. The normalized spacial score (nSPS) is 18.6. The fourth-order valence-electron chi connectivity index (χ4n) is 2.60. The number of nitrogens with one attached hydrogen (secondary N) is 1. The molecule has 4 N–H and O–H groups in total. The van der Waals surface area contributed by atoms with Crippen LogP contribution in [-0.2, 0) is 0 Å². The maximum Gasteiger partial charge on any atom is 0.0750 e. The second-order valence-electron chi connectivity index (χ2n) is 5.16. The van der Waals surface area contributed by atoms with Gasteiger partial charge in [-0.15, -0.1) is 0 Å². The van der Waals surface area contributed by atoms with Crippen molar-refractivity contribution in [3.05, 3.63) is 16.9 Å². The van der Waals surface area contributed by atoms with Gasteiger partial charge >= 0.3 is 0 Å². The number of aliphatic hydroxyl groups excluding tert-OH is 1. The molecule has 0 amide bonds. The zero-order valence-corrected chi connectivity index (χ0v) is 12.0. The second kappa shape index (κ2) is 5.89. The first-order valence-corrected chi connectivity index (χ1v) is 7.20. The van der Waals surface area contributed by atoms with Crippen LogP contribution in [0.5, 0.6) is 0 Å². The van der Waals surface area contributed by atoms with Gasteiger partial charge in [0.1, 0.15) is 0 Å². The maximum absolute atomic E-state index is 9.66. The minimum atomic E-state index is 0.00734. The quantitative estimate of drug-likeness (QED) is 0.799. The first-order valence-electron chi connectivity index (χ1n) is 6.41. The van der Waals surface area contributed by atoms with E-state index in [4.69, 9.17) is 5.73 Å². The van der Waals surface area contributed by atoms with Crippen molar-refractivity contribution in [1.29, 1.82) is 0 Å². The lowest BCUT2D eigenvalue weighted by molar-refractivity contribution is 0.0944. The van der Waals surface area contributed by atoms with E-state index in [1.165, 1.54) is 19.3 Å². The highest BCUT2D eigenvalue weighted by atomic mass is 79.9. The number of aromatic nitrogens is 1. The van der Waals surface area contributed by atoms with Gasteiger partial charge in [-0.25, -0.2) is 0 Å². The minimum absolute atomic E-state index is 0.00734. The average molecular weight is 314 g/mol. The van der Waals surface area contributed by atoms with Gasteiger partial charge in [0.15, 0.2) is 0 Å². The Morgan fingerprint density at radius 2 is 2.06 bits per heavy atom. The molecule has 18 heavy (non-hydrogen) atoms. The number of rotatable bonds is 4. The number of nitrogens with zero attached hydrogens (tertiary/aromatic N) is 1. The predicted molar refractivity (Wildman–Crippen MR) is 77.4 cm³/mol. The molecule has 0 radical (unpaired) electrons. The number of aliphatic hydroxyl groups is 1. The maximum atomic E-state index is 9.66. The molecule has 0 aromatic carbocycles. The van der Waals surface area contributed by atoms with Crippen LogP contribution < -0.4 is 11.1 Å². The molecule has 2 rings (SSSR count). The lowest BCUT2D eigenvalue weighted by atomic mass is 9.74. The van der Waals surface area contributed by atoms with Gasteiger partial charge in [-0.1, -0.05) is 19.3 Å². The summed E-state index contributed by atoms with van der Waals surface area (Å²) in [6, 6.07) is 0. The van der Waals surface area contributed by atoms with Crippen molar-refractivity contribution in [2.45, 2.75) is 32.1 Å². The molecule has 4 nitrogen and oxygen atoms in total. The van der Waals surface area contributed by atoms with Crippen LogP contribution >= 0.6 is 15.9 Å². The number of nitrogen functional groups attached to an aromatic ring is 1. The number of nitrogens with two attached hydrogens (primary N) is 1. The zero-order valence-electron chi connectivity index (χ0n) is 10.5. The van der Waals surface area contributed by atoms with E-state index >= 15 is 0 Å². The van der Waals surface area contributed by atoms with Crippen molar-refractivity contribution in [2.75, 3.05) is 24.2 Å². The third kappa shape index (κ3) is 2.95. The zero-order chi connectivity index (χ0) is 13.0. The van der Waals surface area contributed by atoms with Crippen molar-refractivity contribution in [3.8, 4) is 0 Å². The molecule has 0 unspecified atom stereocenters. The Kier molecular flexibility index (Phi) is 4.45. The standard InChI is InChI=1S/C13H20BrN3O/c14-10-6-16-7-11(15)12(10)17-8-13(9-18)4-2-1-3-5-13/h6-7,18H,1-5,8-9,15H2,(H,16,17). The first kappa shape index (κ1) is 13.6. The van der Waals surface area contributed by atoms with Crippen LogP contribution in [-0.4, -0.2) is 23.2 Å². The molecule has 1 aromatic rings. The molecule has 0 spiro atoms. The van der Waals surface area contributed by atoms with Crippen molar-refractivity contribution < 1.29 is 5.11 Å². The highest BCUT2D eigenvalue weighted by molar-refractivity contribution is 9.10. The van der Waals surface area contributed by atoms with Gasteiger partial charge in [-0.3, -0.25) is 4.98 Å². The molecular formula is C13H20BrN3O. The van der Waals surface area contributed by atoms with Crippen molar-refractivity contribution >= 4 is 27.3 Å². The Balaban J connectivity index is 2.05. The van der Waals surface area contributed by atoms with E-state index in [-0.39, 0.29) is 12.0 Å². The molecule has 0 aliphatic heterocycles. The largest absolute Gasteiger partial charge is 0.396 e. The van der Waals surface area contributed by atoms with Gasteiger partial charge in [0.25, 0.3) is 0 Å². The summed E-state index contributed by atoms with van der Waals surface area (Å²) < 4.78 is 0.867. The van der Waals surface area contributed by atoms with Crippen LogP contribution in [0.15, 0.2) is 16.9 Å². The van der Waals surface area contributed by atoms with Crippen LogP contribution in [0.3, 0.4) is 0 Å². The van der Waals surface area contributed by atoms with Crippen LogP contribution in [0.4, 0.5) is 11.4 Å². The highest BCUT2D eigenvalue weighted by Crippen LogP contribution is 2.37. The Hall–Kier alpha value is -0.810. The molecule has 0 saturated heterocycles. The Bertz CT molecular complexity index is 385. The molecule has 0 atom stereocenters. The van der Waals surface area contributed by atoms with E-state index in [0.717, 1.165) is 29.5 Å². The molecule has 0 bridgehead atoms. The third-order valence-electron chi connectivity index (χ3n) is 3.82. The Morgan fingerprint density at radius 1 is 1.33 bits per heavy atom. The summed E-state index contributed by atoms with van der Waals surface area (Å²) in [6.07, 6.45) is 9.22. The molecule has 1 fully saturated rings. The highest BCUT2D eigenvalue weighted by Gasteiger charge is 2.31. The first-order chi connectivity index (χ1) is 8.67. The van der Waals surface area contributed by atoms with Gasteiger partial charge in [-0.05, 0) is 28.8 Å². The second-order valence-corrected chi connectivity index (χ2v) is 6.01. The van der Waals surface area contributed by atoms with E-state index < -0.39 is 0 Å². The molecule has 1 heterocycles. The van der Waals surface area contributed by atoms with Crippen LogP contribution in [0, 0.1) is 5.41 Å². The van der Waals surface area contributed by atoms with E-state index in [0.29, 0.717) is 5.69 Å².